The van der Waals surface area contributed by atoms with Gasteiger partial charge in [0, 0.05) is 18.6 Å². The quantitative estimate of drug-likeness (QED) is 0.771. The van der Waals surface area contributed by atoms with E-state index in [-0.39, 0.29) is 0 Å². The van der Waals surface area contributed by atoms with Crippen molar-refractivity contribution in [1.82, 2.24) is 10.2 Å². The van der Waals surface area contributed by atoms with Gasteiger partial charge < -0.3 is 4.74 Å². The summed E-state index contributed by atoms with van der Waals surface area (Å²) in [5.41, 5.74) is 2.55. The number of H-pyrrole nitrogens is 1. The number of nitrogens with zero attached hydrogens (tertiary/aromatic N) is 1. The van der Waals surface area contributed by atoms with Gasteiger partial charge in [0.15, 0.2) is 0 Å². The minimum Gasteiger partial charge on any atom is -0.381 e. The van der Waals surface area contributed by atoms with Crippen LogP contribution in [0.15, 0.2) is 24.4 Å². The van der Waals surface area contributed by atoms with Crippen molar-refractivity contribution in [3.63, 3.8) is 0 Å². The van der Waals surface area contributed by atoms with Gasteiger partial charge in [0.1, 0.15) is 0 Å². The monoisotopic (exact) mass is 202 g/mol. The lowest BCUT2D eigenvalue weighted by Crippen LogP contribution is -2.13. The molecule has 1 aromatic heterocycles. The molecule has 1 aromatic carbocycles. The summed E-state index contributed by atoms with van der Waals surface area (Å²) in [5.74, 6) is 0.659. The molecule has 3 rings (SSSR count). The molecule has 1 aliphatic rings. The summed E-state index contributed by atoms with van der Waals surface area (Å²) in [5, 5.41) is 8.24. The first-order chi connectivity index (χ1) is 7.43. The molecule has 0 unspecified atom stereocenters. The zero-order valence-electron chi connectivity index (χ0n) is 8.57. The molecular formula is C12H14N2O. The van der Waals surface area contributed by atoms with E-state index in [9.17, 15) is 0 Å². The number of hydrogen-bond acceptors (Lipinski definition) is 2. The third-order valence-corrected chi connectivity index (χ3v) is 3.16. The molecule has 78 valence electrons. The highest BCUT2D eigenvalue weighted by Crippen LogP contribution is 2.28. The molecule has 0 saturated carbocycles. The number of rotatable bonds is 1. The van der Waals surface area contributed by atoms with Gasteiger partial charge in [0.2, 0.25) is 0 Å². The lowest BCUT2D eigenvalue weighted by molar-refractivity contribution is 0.0853. The van der Waals surface area contributed by atoms with Crippen molar-refractivity contribution in [1.29, 1.82) is 0 Å². The van der Waals surface area contributed by atoms with Crippen molar-refractivity contribution in [3.05, 3.63) is 30.0 Å². The molecule has 2 aromatic rings. The summed E-state index contributed by atoms with van der Waals surface area (Å²) < 4.78 is 5.37. The number of nitrogens with one attached hydrogen (secondary N) is 1. The van der Waals surface area contributed by atoms with E-state index in [1.165, 1.54) is 10.9 Å². The fraction of sp³-hybridized carbons (Fsp3) is 0.417. The van der Waals surface area contributed by atoms with Crippen LogP contribution in [0.2, 0.25) is 0 Å². The maximum Gasteiger partial charge on any atom is 0.0653 e. The fourth-order valence-corrected chi connectivity index (χ4v) is 2.24. The van der Waals surface area contributed by atoms with Crippen LogP contribution in [0.25, 0.3) is 10.9 Å². The normalized spacial score (nSPS) is 18.4. The van der Waals surface area contributed by atoms with Crippen LogP contribution in [-0.4, -0.2) is 23.4 Å². The zero-order chi connectivity index (χ0) is 10.1. The molecule has 0 amide bonds. The van der Waals surface area contributed by atoms with Crippen LogP contribution >= 0.6 is 0 Å². The molecule has 0 bridgehead atoms. The highest BCUT2D eigenvalue weighted by atomic mass is 16.5. The van der Waals surface area contributed by atoms with E-state index < -0.39 is 0 Å². The van der Waals surface area contributed by atoms with Crippen LogP contribution in [0.1, 0.15) is 24.3 Å². The number of aromatic nitrogens is 2. The Balaban J connectivity index is 1.95. The van der Waals surface area contributed by atoms with E-state index in [4.69, 9.17) is 4.74 Å². The topological polar surface area (TPSA) is 37.9 Å². The molecule has 0 radical (unpaired) electrons. The summed E-state index contributed by atoms with van der Waals surface area (Å²) in [7, 11) is 0. The Kier molecular flexibility index (Phi) is 2.18. The predicted octanol–water partition coefficient (Wildman–Crippen LogP) is 2.46. The highest BCUT2D eigenvalue weighted by Gasteiger charge is 2.16. The third kappa shape index (κ3) is 1.63. The SMILES string of the molecule is c1cc2cn[nH]c2cc1C1CCOCC1. The van der Waals surface area contributed by atoms with E-state index in [0.717, 1.165) is 31.6 Å². The Morgan fingerprint density at radius 1 is 1.27 bits per heavy atom. The molecule has 3 heteroatoms. The minimum atomic E-state index is 0.659. The van der Waals surface area contributed by atoms with E-state index in [2.05, 4.69) is 28.4 Å². The van der Waals surface area contributed by atoms with Gasteiger partial charge >= 0.3 is 0 Å². The van der Waals surface area contributed by atoms with Gasteiger partial charge in [-0.1, -0.05) is 12.1 Å². The smallest absolute Gasteiger partial charge is 0.0653 e. The van der Waals surface area contributed by atoms with Crippen LogP contribution in [-0.2, 0) is 4.74 Å². The lowest BCUT2D eigenvalue weighted by Gasteiger charge is -2.22. The van der Waals surface area contributed by atoms with Gasteiger partial charge in [-0.15, -0.1) is 0 Å². The Labute approximate surface area is 88.4 Å². The second-order valence-corrected chi connectivity index (χ2v) is 4.10. The van der Waals surface area contributed by atoms with Crippen molar-refractivity contribution in [2.75, 3.05) is 13.2 Å². The minimum absolute atomic E-state index is 0.659. The second-order valence-electron chi connectivity index (χ2n) is 4.10. The van der Waals surface area contributed by atoms with Crippen molar-refractivity contribution in [2.24, 2.45) is 0 Å². The van der Waals surface area contributed by atoms with Crippen LogP contribution in [0.5, 0.6) is 0 Å². The number of benzene rings is 1. The van der Waals surface area contributed by atoms with Crippen molar-refractivity contribution < 1.29 is 4.74 Å². The Hall–Kier alpha value is -1.35. The number of ether oxygens (including phenoxy) is 1. The van der Waals surface area contributed by atoms with E-state index in [1.54, 1.807) is 0 Å². The maximum absolute atomic E-state index is 5.37. The third-order valence-electron chi connectivity index (χ3n) is 3.16. The predicted molar refractivity (Wildman–Crippen MR) is 58.9 cm³/mol. The standard InChI is InChI=1S/C12H14N2O/c1-2-11-8-13-14-12(11)7-10(1)9-3-5-15-6-4-9/h1-2,7-9H,3-6H2,(H,13,14). The molecule has 0 atom stereocenters. The summed E-state index contributed by atoms with van der Waals surface area (Å²) in [6.07, 6.45) is 4.14. The second kappa shape index (κ2) is 3.66. The van der Waals surface area contributed by atoms with Gasteiger partial charge in [-0.3, -0.25) is 5.10 Å². The van der Waals surface area contributed by atoms with E-state index >= 15 is 0 Å². The molecule has 1 N–H and O–H groups in total. The summed E-state index contributed by atoms with van der Waals surface area (Å²) in [6.45, 7) is 1.79. The van der Waals surface area contributed by atoms with E-state index in [0.29, 0.717) is 5.92 Å². The molecule has 1 aliphatic heterocycles. The number of fused-ring (bicyclic) bond motifs is 1. The number of aromatic amines is 1. The molecule has 0 spiro atoms. The first kappa shape index (κ1) is 8.92. The molecule has 1 saturated heterocycles. The summed E-state index contributed by atoms with van der Waals surface area (Å²) in [6, 6.07) is 6.58. The fourth-order valence-electron chi connectivity index (χ4n) is 2.24. The van der Waals surface area contributed by atoms with Gasteiger partial charge in [-0.05, 0) is 30.4 Å². The van der Waals surface area contributed by atoms with E-state index in [1.807, 2.05) is 6.20 Å². The molecule has 2 heterocycles. The summed E-state index contributed by atoms with van der Waals surface area (Å²) in [4.78, 5) is 0. The Morgan fingerprint density at radius 3 is 3.00 bits per heavy atom. The summed E-state index contributed by atoms with van der Waals surface area (Å²) >= 11 is 0. The first-order valence-corrected chi connectivity index (χ1v) is 5.44. The lowest BCUT2D eigenvalue weighted by atomic mass is 9.91. The molecule has 1 fully saturated rings. The number of hydrogen-bond donors (Lipinski definition) is 1. The van der Waals surface area contributed by atoms with Gasteiger partial charge in [0.05, 0.1) is 11.7 Å². The van der Waals surface area contributed by atoms with Gasteiger partial charge in [0.25, 0.3) is 0 Å². The average molecular weight is 202 g/mol. The Bertz CT molecular complexity index is 457. The maximum atomic E-state index is 5.37. The van der Waals surface area contributed by atoms with Gasteiger partial charge in [-0.25, -0.2) is 0 Å². The highest BCUT2D eigenvalue weighted by molar-refractivity contribution is 5.78. The van der Waals surface area contributed by atoms with Crippen molar-refractivity contribution in [2.45, 2.75) is 18.8 Å². The van der Waals surface area contributed by atoms with Crippen LogP contribution < -0.4 is 0 Å². The van der Waals surface area contributed by atoms with Crippen molar-refractivity contribution in [3.8, 4) is 0 Å². The molecule has 3 nitrogen and oxygen atoms in total. The largest absolute Gasteiger partial charge is 0.381 e. The van der Waals surface area contributed by atoms with Gasteiger partial charge in [-0.2, -0.15) is 5.10 Å². The molecule has 0 aliphatic carbocycles. The van der Waals surface area contributed by atoms with Crippen LogP contribution in [0.3, 0.4) is 0 Å². The zero-order valence-corrected chi connectivity index (χ0v) is 8.57. The van der Waals surface area contributed by atoms with Crippen molar-refractivity contribution >= 4 is 10.9 Å². The Morgan fingerprint density at radius 2 is 2.13 bits per heavy atom. The van der Waals surface area contributed by atoms with Crippen LogP contribution in [0.4, 0.5) is 0 Å². The van der Waals surface area contributed by atoms with Crippen LogP contribution in [0, 0.1) is 0 Å². The first-order valence-electron chi connectivity index (χ1n) is 5.44. The molecular weight excluding hydrogens is 188 g/mol. The average Bonchev–Trinajstić information content (AvgIpc) is 2.77. The molecule has 15 heavy (non-hydrogen) atoms.